The summed E-state index contributed by atoms with van der Waals surface area (Å²) < 4.78 is 5.32. The molecule has 0 saturated carbocycles. The van der Waals surface area contributed by atoms with Gasteiger partial charge < -0.3 is 4.74 Å². The second-order valence-corrected chi connectivity index (χ2v) is 11.9. The van der Waals surface area contributed by atoms with Crippen molar-refractivity contribution in [3.05, 3.63) is 41.5 Å². The van der Waals surface area contributed by atoms with Crippen LogP contribution in [0.25, 0.3) is 5.20 Å². The van der Waals surface area contributed by atoms with E-state index in [1.165, 1.54) is 42.6 Å². The summed E-state index contributed by atoms with van der Waals surface area (Å²) in [4.78, 5) is 12.5. The van der Waals surface area contributed by atoms with Gasteiger partial charge in [-0.3, -0.25) is 0 Å². The second kappa shape index (κ2) is 11.3. The molecule has 1 aromatic carbocycles. The highest BCUT2D eigenvalue weighted by atomic mass is 28.3. The van der Waals surface area contributed by atoms with Crippen molar-refractivity contribution in [2.24, 2.45) is 0 Å². The summed E-state index contributed by atoms with van der Waals surface area (Å²) in [5.41, 5.74) is 1.85. The Hall–Kier alpha value is -1.35. The minimum absolute atomic E-state index is 0.191. The van der Waals surface area contributed by atoms with Gasteiger partial charge in [0, 0.05) is 0 Å². The van der Waals surface area contributed by atoms with Gasteiger partial charge in [-0.25, -0.2) is 4.79 Å². The normalized spacial score (nSPS) is 12.3. The third-order valence-corrected chi connectivity index (χ3v) is 11.1. The van der Waals surface area contributed by atoms with Crippen molar-refractivity contribution in [3.8, 4) is 0 Å². The number of allylic oxidation sites excluding steroid dienone is 1. The van der Waals surface area contributed by atoms with E-state index < -0.39 is 8.07 Å². The smallest absolute Gasteiger partial charge is 0.338 e. The third kappa shape index (κ3) is 5.57. The zero-order valence-corrected chi connectivity index (χ0v) is 17.9. The number of carbonyl (C=O) groups is 1. The van der Waals surface area contributed by atoms with E-state index in [9.17, 15) is 4.79 Å². The summed E-state index contributed by atoms with van der Waals surface area (Å²) in [6, 6.07) is 11.7. The average Bonchev–Trinajstić information content (AvgIpc) is 2.65. The van der Waals surface area contributed by atoms with Crippen molar-refractivity contribution in [1.82, 2.24) is 0 Å². The zero-order valence-electron chi connectivity index (χ0n) is 16.9. The molecular formula is C22H36O2Si. The number of unbranched alkanes of at least 4 members (excludes halogenated alkanes) is 3. The molecule has 140 valence electrons. The number of ether oxygens (including phenoxy) is 1. The fourth-order valence-corrected chi connectivity index (χ4v) is 7.69. The Balaban J connectivity index is 3.40. The van der Waals surface area contributed by atoms with Gasteiger partial charge in [0.05, 0.1) is 20.2 Å². The molecule has 1 rings (SSSR count). The van der Waals surface area contributed by atoms with Crippen LogP contribution in [-0.2, 0) is 4.74 Å². The molecule has 0 aromatic heterocycles. The molecule has 1 aromatic rings. The summed E-state index contributed by atoms with van der Waals surface area (Å²) in [5, 5.41) is 1.47. The van der Waals surface area contributed by atoms with Gasteiger partial charge in [-0.05, 0) is 31.4 Å². The predicted octanol–water partition coefficient (Wildman–Crippen LogP) is 6.87. The number of rotatable bonds is 11. The molecule has 0 radical (unpaired) electrons. The summed E-state index contributed by atoms with van der Waals surface area (Å²) in [6.45, 7) is 11.5. The monoisotopic (exact) mass is 360 g/mol. The fraction of sp³-hybridized carbons (Fsp3) is 0.591. The van der Waals surface area contributed by atoms with Gasteiger partial charge in [0.2, 0.25) is 0 Å². The minimum Gasteiger partial charge on any atom is -0.462 e. The molecule has 0 heterocycles. The number of carbonyl (C=O) groups excluding carboxylic acids is 1. The SMILES string of the molecule is CCCCC/C=C(\c1ccccc1C(=O)OCC)[Si](CC)(CC)CC. The molecule has 25 heavy (non-hydrogen) atoms. The zero-order chi connectivity index (χ0) is 18.7. The van der Waals surface area contributed by atoms with E-state index in [0.29, 0.717) is 6.61 Å². The van der Waals surface area contributed by atoms with E-state index >= 15 is 0 Å². The summed E-state index contributed by atoms with van der Waals surface area (Å²) in [5.74, 6) is -0.191. The molecule has 0 unspecified atom stereocenters. The first kappa shape index (κ1) is 21.7. The number of hydrogen-bond acceptors (Lipinski definition) is 2. The van der Waals surface area contributed by atoms with E-state index in [0.717, 1.165) is 17.5 Å². The molecule has 0 aliphatic carbocycles. The predicted molar refractivity (Wildman–Crippen MR) is 112 cm³/mol. The Kier molecular flexibility index (Phi) is 9.80. The quantitative estimate of drug-likeness (QED) is 0.244. The number of benzene rings is 1. The van der Waals surface area contributed by atoms with Crippen LogP contribution < -0.4 is 0 Å². The van der Waals surface area contributed by atoms with Crippen molar-refractivity contribution in [2.75, 3.05) is 6.61 Å². The number of hydrogen-bond donors (Lipinski definition) is 0. The molecule has 0 bridgehead atoms. The van der Waals surface area contributed by atoms with Crippen molar-refractivity contribution in [2.45, 2.75) is 78.4 Å². The standard InChI is InChI=1S/C22H36O2Si/c1-6-11-12-13-18-21(25(8-3,9-4)10-5)19-16-14-15-17-20(19)22(23)24-7-2/h14-18H,6-13H2,1-5H3/b21-18+. The fourth-order valence-electron chi connectivity index (χ4n) is 3.68. The first-order valence-electron chi connectivity index (χ1n) is 10.1. The minimum atomic E-state index is -1.59. The maximum atomic E-state index is 12.5. The lowest BCUT2D eigenvalue weighted by atomic mass is 10.1. The highest BCUT2D eigenvalue weighted by molar-refractivity contribution is 6.96. The van der Waals surface area contributed by atoms with E-state index in [1.54, 1.807) is 0 Å². The van der Waals surface area contributed by atoms with Gasteiger partial charge in [0.15, 0.2) is 0 Å². The van der Waals surface area contributed by atoms with Crippen LogP contribution in [0.2, 0.25) is 18.1 Å². The topological polar surface area (TPSA) is 26.3 Å². The van der Waals surface area contributed by atoms with Gasteiger partial charge >= 0.3 is 5.97 Å². The lowest BCUT2D eigenvalue weighted by molar-refractivity contribution is 0.0526. The molecule has 0 N–H and O–H groups in total. The maximum absolute atomic E-state index is 12.5. The Morgan fingerprint density at radius 3 is 2.08 bits per heavy atom. The molecule has 0 aliphatic heterocycles. The highest BCUT2D eigenvalue weighted by Crippen LogP contribution is 2.37. The lowest BCUT2D eigenvalue weighted by Crippen LogP contribution is -2.34. The molecule has 3 heteroatoms. The van der Waals surface area contributed by atoms with E-state index in [4.69, 9.17) is 4.74 Å². The molecule has 0 saturated heterocycles. The van der Waals surface area contributed by atoms with E-state index in [1.807, 2.05) is 19.1 Å². The second-order valence-electron chi connectivity index (χ2n) is 6.72. The summed E-state index contributed by atoms with van der Waals surface area (Å²) in [7, 11) is -1.59. The van der Waals surface area contributed by atoms with Crippen molar-refractivity contribution in [3.63, 3.8) is 0 Å². The molecule has 0 amide bonds. The Labute approximate surface area is 155 Å². The first-order valence-corrected chi connectivity index (χ1v) is 12.7. The summed E-state index contributed by atoms with van der Waals surface area (Å²) >= 11 is 0. The van der Waals surface area contributed by atoms with Crippen LogP contribution >= 0.6 is 0 Å². The molecule has 0 aliphatic rings. The molecular weight excluding hydrogens is 324 g/mol. The van der Waals surface area contributed by atoms with Crippen molar-refractivity contribution < 1.29 is 9.53 Å². The largest absolute Gasteiger partial charge is 0.462 e. The van der Waals surface area contributed by atoms with Crippen molar-refractivity contribution in [1.29, 1.82) is 0 Å². The maximum Gasteiger partial charge on any atom is 0.338 e. The molecule has 2 nitrogen and oxygen atoms in total. The Morgan fingerprint density at radius 1 is 0.960 bits per heavy atom. The highest BCUT2D eigenvalue weighted by Gasteiger charge is 2.33. The Morgan fingerprint density at radius 2 is 1.56 bits per heavy atom. The van der Waals surface area contributed by atoms with Gasteiger partial charge in [-0.2, -0.15) is 0 Å². The van der Waals surface area contributed by atoms with E-state index in [-0.39, 0.29) is 5.97 Å². The van der Waals surface area contributed by atoms with Gasteiger partial charge in [-0.1, -0.05) is 88.1 Å². The van der Waals surface area contributed by atoms with Crippen LogP contribution in [0.4, 0.5) is 0 Å². The van der Waals surface area contributed by atoms with Crippen LogP contribution in [0.3, 0.4) is 0 Å². The van der Waals surface area contributed by atoms with Crippen LogP contribution in [0.15, 0.2) is 30.3 Å². The Bertz CT molecular complexity index is 551. The van der Waals surface area contributed by atoms with Gasteiger partial charge in [-0.15, -0.1) is 0 Å². The number of esters is 1. The average molecular weight is 361 g/mol. The van der Waals surface area contributed by atoms with Gasteiger partial charge in [0.25, 0.3) is 0 Å². The van der Waals surface area contributed by atoms with Crippen LogP contribution in [0.1, 0.15) is 76.2 Å². The van der Waals surface area contributed by atoms with E-state index in [2.05, 4.69) is 45.9 Å². The van der Waals surface area contributed by atoms with Crippen LogP contribution in [-0.4, -0.2) is 20.7 Å². The third-order valence-electron chi connectivity index (χ3n) is 5.47. The lowest BCUT2D eigenvalue weighted by Gasteiger charge is -2.33. The van der Waals surface area contributed by atoms with Crippen LogP contribution in [0.5, 0.6) is 0 Å². The summed E-state index contributed by atoms with van der Waals surface area (Å²) in [6.07, 6.45) is 7.29. The molecule has 0 spiro atoms. The van der Waals surface area contributed by atoms with Crippen molar-refractivity contribution >= 4 is 19.2 Å². The van der Waals surface area contributed by atoms with Crippen LogP contribution in [0, 0.1) is 0 Å². The first-order chi connectivity index (χ1) is 12.1. The molecule has 0 atom stereocenters. The molecule has 0 fully saturated rings. The van der Waals surface area contributed by atoms with Gasteiger partial charge in [0.1, 0.15) is 0 Å².